The number of ether oxygens (including phenoxy) is 1. The van der Waals surface area contributed by atoms with Crippen LogP contribution in [0.15, 0.2) is 18.2 Å². The standard InChI is InChI=1S/C11H14F2N2O3/c1-18-8-4-2-3-7(9(8)16)10(17)15-6-11(12,13)5-14/h2-4,16H,5-6,14H2,1H3,(H,15,17). The predicted octanol–water partition coefficient (Wildman–Crippen LogP) is 0.725. The molecule has 0 aliphatic heterocycles. The Hall–Kier alpha value is -1.89. The number of alkyl halides is 2. The Morgan fingerprint density at radius 3 is 2.78 bits per heavy atom. The van der Waals surface area contributed by atoms with E-state index in [1.165, 1.54) is 25.3 Å². The second-order valence-corrected chi connectivity index (χ2v) is 3.60. The Kier molecular flexibility index (Phi) is 4.43. The third kappa shape index (κ3) is 3.30. The minimum Gasteiger partial charge on any atom is -0.504 e. The van der Waals surface area contributed by atoms with E-state index in [2.05, 4.69) is 0 Å². The number of hydrogen-bond donors (Lipinski definition) is 3. The quantitative estimate of drug-likeness (QED) is 0.728. The van der Waals surface area contributed by atoms with Crippen LogP contribution in [0.2, 0.25) is 0 Å². The van der Waals surface area contributed by atoms with Gasteiger partial charge in [-0.1, -0.05) is 6.07 Å². The molecule has 5 nitrogen and oxygen atoms in total. The minimum atomic E-state index is -3.18. The number of nitrogens with two attached hydrogens (primary N) is 1. The van der Waals surface area contributed by atoms with Gasteiger partial charge in [-0.2, -0.15) is 0 Å². The summed E-state index contributed by atoms with van der Waals surface area (Å²) in [6.45, 7) is -1.75. The maximum Gasteiger partial charge on any atom is 0.277 e. The molecule has 0 aromatic heterocycles. The van der Waals surface area contributed by atoms with Crippen molar-refractivity contribution in [2.45, 2.75) is 5.92 Å². The molecule has 1 amide bonds. The summed E-state index contributed by atoms with van der Waals surface area (Å²) in [6.07, 6.45) is 0. The van der Waals surface area contributed by atoms with Gasteiger partial charge in [-0.25, -0.2) is 8.78 Å². The van der Waals surface area contributed by atoms with Crippen LogP contribution < -0.4 is 15.8 Å². The molecule has 0 aliphatic carbocycles. The summed E-state index contributed by atoms with van der Waals surface area (Å²) in [4.78, 5) is 11.6. The van der Waals surface area contributed by atoms with Crippen LogP contribution in [0.3, 0.4) is 0 Å². The molecule has 18 heavy (non-hydrogen) atoms. The number of phenols is 1. The van der Waals surface area contributed by atoms with Gasteiger partial charge in [0.25, 0.3) is 11.8 Å². The fraction of sp³-hybridized carbons (Fsp3) is 0.364. The van der Waals surface area contributed by atoms with Crippen LogP contribution in [0.25, 0.3) is 0 Å². The first-order chi connectivity index (χ1) is 8.41. The highest BCUT2D eigenvalue weighted by Crippen LogP contribution is 2.29. The van der Waals surface area contributed by atoms with E-state index in [0.29, 0.717) is 0 Å². The topological polar surface area (TPSA) is 84.6 Å². The number of amides is 1. The average molecular weight is 260 g/mol. The van der Waals surface area contributed by atoms with Gasteiger partial charge >= 0.3 is 0 Å². The first kappa shape index (κ1) is 14.2. The zero-order chi connectivity index (χ0) is 13.8. The van der Waals surface area contributed by atoms with Gasteiger partial charge < -0.3 is 20.9 Å². The number of carbonyl (C=O) groups excluding carboxylic acids is 1. The molecule has 7 heteroatoms. The molecule has 0 unspecified atom stereocenters. The smallest absolute Gasteiger partial charge is 0.277 e. The van der Waals surface area contributed by atoms with E-state index in [0.717, 1.165) is 0 Å². The fourth-order valence-corrected chi connectivity index (χ4v) is 1.25. The van der Waals surface area contributed by atoms with Crippen molar-refractivity contribution in [3.8, 4) is 11.5 Å². The lowest BCUT2D eigenvalue weighted by molar-refractivity contribution is 0.0118. The second kappa shape index (κ2) is 5.63. The molecule has 0 saturated carbocycles. The van der Waals surface area contributed by atoms with Gasteiger partial charge in [-0.05, 0) is 12.1 Å². The van der Waals surface area contributed by atoms with E-state index in [1.54, 1.807) is 0 Å². The largest absolute Gasteiger partial charge is 0.504 e. The molecule has 1 aromatic carbocycles. The van der Waals surface area contributed by atoms with E-state index in [1.807, 2.05) is 5.32 Å². The molecule has 0 atom stereocenters. The van der Waals surface area contributed by atoms with Crippen LogP contribution in [0.5, 0.6) is 11.5 Å². The van der Waals surface area contributed by atoms with Gasteiger partial charge in [0.2, 0.25) is 0 Å². The minimum absolute atomic E-state index is 0.0910. The number of nitrogens with one attached hydrogen (secondary N) is 1. The molecule has 0 bridgehead atoms. The normalized spacial score (nSPS) is 11.1. The predicted molar refractivity (Wildman–Crippen MR) is 61.0 cm³/mol. The molecular formula is C11H14F2N2O3. The summed E-state index contributed by atoms with van der Waals surface area (Å²) >= 11 is 0. The van der Waals surface area contributed by atoms with Crippen LogP contribution in [0.1, 0.15) is 10.4 Å². The highest BCUT2D eigenvalue weighted by Gasteiger charge is 2.28. The zero-order valence-corrected chi connectivity index (χ0v) is 9.74. The Bertz CT molecular complexity index is 438. The average Bonchev–Trinajstić information content (AvgIpc) is 2.36. The first-order valence-corrected chi connectivity index (χ1v) is 5.13. The lowest BCUT2D eigenvalue weighted by atomic mass is 10.1. The number of methoxy groups -OCH3 is 1. The van der Waals surface area contributed by atoms with Crippen molar-refractivity contribution in [3.63, 3.8) is 0 Å². The van der Waals surface area contributed by atoms with Gasteiger partial charge in [-0.3, -0.25) is 4.79 Å². The van der Waals surface area contributed by atoms with Gasteiger partial charge in [0.05, 0.1) is 25.8 Å². The third-order valence-electron chi connectivity index (χ3n) is 2.27. The van der Waals surface area contributed by atoms with Gasteiger partial charge in [-0.15, -0.1) is 0 Å². The zero-order valence-electron chi connectivity index (χ0n) is 9.74. The monoisotopic (exact) mass is 260 g/mol. The summed E-state index contributed by atoms with van der Waals surface area (Å²) in [5.74, 6) is -4.30. The number of phenolic OH excluding ortho intramolecular Hbond substituents is 1. The highest BCUT2D eigenvalue weighted by atomic mass is 19.3. The maximum absolute atomic E-state index is 12.8. The Labute approximate surface area is 103 Å². The molecule has 0 saturated heterocycles. The summed E-state index contributed by atoms with van der Waals surface area (Å²) < 4.78 is 30.5. The van der Waals surface area contributed by atoms with Crippen LogP contribution in [0.4, 0.5) is 8.78 Å². The molecule has 4 N–H and O–H groups in total. The van der Waals surface area contributed by atoms with E-state index in [-0.39, 0.29) is 11.3 Å². The van der Waals surface area contributed by atoms with Crippen molar-refractivity contribution in [1.29, 1.82) is 0 Å². The van der Waals surface area contributed by atoms with Gasteiger partial charge in [0.1, 0.15) is 0 Å². The molecule has 0 radical (unpaired) electrons. The van der Waals surface area contributed by atoms with Crippen molar-refractivity contribution in [1.82, 2.24) is 5.32 Å². The van der Waals surface area contributed by atoms with Crippen molar-refractivity contribution in [3.05, 3.63) is 23.8 Å². The van der Waals surface area contributed by atoms with Gasteiger partial charge in [0, 0.05) is 0 Å². The van der Waals surface area contributed by atoms with Crippen LogP contribution in [-0.4, -0.2) is 37.1 Å². The van der Waals surface area contributed by atoms with E-state index < -0.39 is 30.7 Å². The van der Waals surface area contributed by atoms with Crippen molar-refractivity contribution in [2.24, 2.45) is 5.73 Å². The van der Waals surface area contributed by atoms with Crippen LogP contribution in [-0.2, 0) is 0 Å². The summed E-state index contributed by atoms with van der Waals surface area (Å²) in [5.41, 5.74) is 4.70. The lowest BCUT2D eigenvalue weighted by Crippen LogP contribution is -2.41. The third-order valence-corrected chi connectivity index (χ3v) is 2.27. The number of hydrogen-bond acceptors (Lipinski definition) is 4. The number of aromatic hydroxyl groups is 1. The van der Waals surface area contributed by atoms with Crippen LogP contribution in [0, 0.1) is 0 Å². The number of carbonyl (C=O) groups is 1. The van der Waals surface area contributed by atoms with E-state index >= 15 is 0 Å². The second-order valence-electron chi connectivity index (χ2n) is 3.60. The molecule has 0 fully saturated rings. The van der Waals surface area contributed by atoms with Crippen molar-refractivity contribution >= 4 is 5.91 Å². The summed E-state index contributed by atoms with van der Waals surface area (Å²) in [7, 11) is 1.32. The number of rotatable bonds is 5. The van der Waals surface area contributed by atoms with Crippen molar-refractivity contribution in [2.75, 3.05) is 20.2 Å². The Morgan fingerprint density at radius 1 is 1.56 bits per heavy atom. The SMILES string of the molecule is COc1cccc(C(=O)NCC(F)(F)CN)c1O. The summed E-state index contributed by atoms with van der Waals surface area (Å²) in [5, 5.41) is 11.6. The fourth-order valence-electron chi connectivity index (χ4n) is 1.25. The molecule has 0 aliphatic rings. The maximum atomic E-state index is 12.8. The molecule has 0 heterocycles. The number of para-hydroxylation sites is 1. The Morgan fingerprint density at radius 2 is 2.22 bits per heavy atom. The Balaban J connectivity index is 2.79. The highest BCUT2D eigenvalue weighted by molar-refractivity contribution is 5.97. The van der Waals surface area contributed by atoms with Crippen molar-refractivity contribution < 1.29 is 23.4 Å². The van der Waals surface area contributed by atoms with E-state index in [4.69, 9.17) is 10.5 Å². The number of halogens is 2. The molecule has 1 aromatic rings. The van der Waals surface area contributed by atoms with E-state index in [9.17, 15) is 18.7 Å². The molecule has 0 spiro atoms. The molecular weight excluding hydrogens is 246 g/mol. The molecule has 1 rings (SSSR count). The van der Waals surface area contributed by atoms with Gasteiger partial charge in [0.15, 0.2) is 11.5 Å². The number of benzene rings is 1. The van der Waals surface area contributed by atoms with Crippen LogP contribution >= 0.6 is 0 Å². The summed E-state index contributed by atoms with van der Waals surface area (Å²) in [6, 6.07) is 4.21. The molecule has 100 valence electrons. The first-order valence-electron chi connectivity index (χ1n) is 5.13. The lowest BCUT2D eigenvalue weighted by Gasteiger charge is -2.15.